The second-order valence-electron chi connectivity index (χ2n) is 19.8. The molecule has 3 unspecified atom stereocenters. The Kier molecular flexibility index (Phi) is 52.7. The number of hydrogen-bond acceptors (Lipinski definition) is 10. The van der Waals surface area contributed by atoms with Crippen LogP contribution in [0.4, 0.5) is 0 Å². The molecule has 0 spiro atoms. The van der Waals surface area contributed by atoms with E-state index in [9.17, 15) is 28.9 Å². The van der Waals surface area contributed by atoms with Crippen molar-refractivity contribution in [1.29, 1.82) is 0 Å². The molecule has 0 saturated heterocycles. The van der Waals surface area contributed by atoms with Crippen molar-refractivity contribution in [3.8, 4) is 0 Å². The number of aliphatic hydroxyl groups excluding tert-OH is 1. The van der Waals surface area contributed by atoms with Gasteiger partial charge in [0.25, 0.3) is 0 Å². The highest BCUT2D eigenvalue weighted by Gasteiger charge is 2.28. The standard InChI is InChI=1S/C60H109O11P/c1-4-7-10-13-16-19-22-24-26-27-28-29-31-32-35-37-40-43-46-49-58(62)67-53-57(71-60(64)51-48-45-42-39-36-33-30-25-23-20-17-14-11-8-5-2)55-69-72(65,66)68-54-56(52-61)70-59(63)50-47-44-41-38-34-21-18-15-12-9-6-3/h15-16,18-19,24-26,30,56-57,61H,4-14,17,20-23,27-29,31-55H2,1-3H3,(H,65,66)/b18-15-,19-16-,26-24-,30-25-. The highest BCUT2D eigenvalue weighted by molar-refractivity contribution is 7.47. The molecular weight excluding hydrogens is 928 g/mol. The number of esters is 3. The molecule has 0 aliphatic carbocycles. The Hall–Kier alpha value is -2.56. The summed E-state index contributed by atoms with van der Waals surface area (Å²) in [5.41, 5.74) is 0. The zero-order chi connectivity index (χ0) is 52.7. The van der Waals surface area contributed by atoms with Crippen LogP contribution in [0.25, 0.3) is 0 Å². The van der Waals surface area contributed by atoms with Crippen molar-refractivity contribution in [2.24, 2.45) is 0 Å². The summed E-state index contributed by atoms with van der Waals surface area (Å²) >= 11 is 0. The lowest BCUT2D eigenvalue weighted by atomic mass is 10.1. The highest BCUT2D eigenvalue weighted by Crippen LogP contribution is 2.43. The SMILES string of the molecule is CCCC/C=C\CCCCCCCC(=O)OC(CO)COP(=O)(O)OCC(COC(=O)CCCCCCCCCCC/C=C\C/C=C\CCCCC)OC(=O)CCCCCCC/C=C\CCCCCCCC. The Morgan fingerprint density at radius 2 is 0.694 bits per heavy atom. The number of hydrogen-bond donors (Lipinski definition) is 2. The fourth-order valence-corrected chi connectivity index (χ4v) is 8.91. The van der Waals surface area contributed by atoms with E-state index in [4.69, 9.17) is 23.3 Å². The van der Waals surface area contributed by atoms with Crippen molar-refractivity contribution in [1.82, 2.24) is 0 Å². The molecule has 0 bridgehead atoms. The summed E-state index contributed by atoms with van der Waals surface area (Å²) in [5.74, 6) is -1.48. The van der Waals surface area contributed by atoms with Gasteiger partial charge in [-0.3, -0.25) is 23.4 Å². The number of carbonyl (C=O) groups is 3. The van der Waals surface area contributed by atoms with Gasteiger partial charge in [0.05, 0.1) is 19.8 Å². The maximum atomic E-state index is 12.9. The van der Waals surface area contributed by atoms with Crippen molar-refractivity contribution in [2.45, 2.75) is 290 Å². The lowest BCUT2D eigenvalue weighted by Crippen LogP contribution is -2.30. The van der Waals surface area contributed by atoms with Crippen LogP contribution in [-0.2, 0) is 42.2 Å². The predicted molar refractivity (Wildman–Crippen MR) is 298 cm³/mol. The molecular formula is C60H109O11P. The van der Waals surface area contributed by atoms with E-state index in [1.807, 2.05) is 0 Å². The summed E-state index contributed by atoms with van der Waals surface area (Å²) in [5, 5.41) is 9.79. The minimum absolute atomic E-state index is 0.158. The van der Waals surface area contributed by atoms with Gasteiger partial charge in [-0.1, -0.05) is 211 Å². The van der Waals surface area contributed by atoms with Crippen molar-refractivity contribution in [3.05, 3.63) is 48.6 Å². The molecule has 72 heavy (non-hydrogen) atoms. The molecule has 0 radical (unpaired) electrons. The third kappa shape index (κ3) is 52.3. The molecule has 0 fully saturated rings. The number of ether oxygens (including phenoxy) is 3. The van der Waals surface area contributed by atoms with E-state index in [0.29, 0.717) is 19.3 Å². The van der Waals surface area contributed by atoms with Crippen LogP contribution in [-0.4, -0.2) is 66.5 Å². The van der Waals surface area contributed by atoms with Gasteiger partial charge < -0.3 is 24.2 Å². The zero-order valence-corrected chi connectivity index (χ0v) is 47.3. The second-order valence-corrected chi connectivity index (χ2v) is 21.3. The monoisotopic (exact) mass is 1040 g/mol. The predicted octanol–water partition coefficient (Wildman–Crippen LogP) is 17.4. The molecule has 0 amide bonds. The summed E-state index contributed by atoms with van der Waals surface area (Å²) in [4.78, 5) is 48.5. The van der Waals surface area contributed by atoms with Gasteiger partial charge in [0.15, 0.2) is 6.10 Å². The average Bonchev–Trinajstić information content (AvgIpc) is 3.37. The summed E-state index contributed by atoms with van der Waals surface area (Å²) in [6.45, 7) is 4.58. The van der Waals surface area contributed by atoms with Crippen molar-refractivity contribution in [3.63, 3.8) is 0 Å². The Morgan fingerprint density at radius 1 is 0.389 bits per heavy atom. The number of allylic oxidation sites excluding steroid dienone is 8. The van der Waals surface area contributed by atoms with Gasteiger partial charge in [0, 0.05) is 19.3 Å². The summed E-state index contributed by atoms with van der Waals surface area (Å²) in [6, 6.07) is 0. The maximum Gasteiger partial charge on any atom is 0.472 e. The Bertz CT molecular complexity index is 1400. The fraction of sp³-hybridized carbons (Fsp3) is 0.817. The number of unbranched alkanes of at least 4 members (excludes halogenated alkanes) is 30. The molecule has 12 heteroatoms. The van der Waals surface area contributed by atoms with Gasteiger partial charge in [-0.25, -0.2) is 4.57 Å². The molecule has 0 aromatic carbocycles. The fourth-order valence-electron chi connectivity index (χ4n) is 8.13. The average molecular weight is 1040 g/mol. The summed E-state index contributed by atoms with van der Waals surface area (Å²) in [6.07, 6.45) is 57.8. The number of rotatable bonds is 55. The van der Waals surface area contributed by atoms with Crippen molar-refractivity contribution < 1.29 is 52.2 Å². The lowest BCUT2D eigenvalue weighted by Gasteiger charge is -2.21. The van der Waals surface area contributed by atoms with Gasteiger partial charge in [-0.2, -0.15) is 0 Å². The molecule has 0 heterocycles. The van der Waals surface area contributed by atoms with E-state index < -0.39 is 57.8 Å². The van der Waals surface area contributed by atoms with Crippen LogP contribution in [0.2, 0.25) is 0 Å². The van der Waals surface area contributed by atoms with E-state index >= 15 is 0 Å². The first-order valence-corrected chi connectivity index (χ1v) is 31.0. The number of aliphatic hydroxyl groups is 1. The van der Waals surface area contributed by atoms with Gasteiger partial charge in [0.1, 0.15) is 12.7 Å². The van der Waals surface area contributed by atoms with Crippen LogP contribution < -0.4 is 0 Å². The van der Waals surface area contributed by atoms with E-state index in [1.54, 1.807) is 0 Å². The summed E-state index contributed by atoms with van der Waals surface area (Å²) < 4.78 is 39.5. The van der Waals surface area contributed by atoms with Gasteiger partial charge in [-0.15, -0.1) is 0 Å². The lowest BCUT2D eigenvalue weighted by molar-refractivity contribution is -0.161. The van der Waals surface area contributed by atoms with Crippen LogP contribution in [0.1, 0.15) is 278 Å². The zero-order valence-electron chi connectivity index (χ0n) is 46.4. The first kappa shape index (κ1) is 69.4. The van der Waals surface area contributed by atoms with E-state index in [-0.39, 0.29) is 25.9 Å². The molecule has 0 aliphatic heterocycles. The second kappa shape index (κ2) is 54.7. The smallest absolute Gasteiger partial charge is 0.462 e. The molecule has 0 aromatic rings. The molecule has 420 valence electrons. The number of phosphoric acid groups is 1. The molecule has 0 rings (SSSR count). The van der Waals surface area contributed by atoms with Crippen LogP contribution >= 0.6 is 7.82 Å². The first-order chi connectivity index (χ1) is 35.2. The minimum Gasteiger partial charge on any atom is -0.462 e. The molecule has 0 aliphatic rings. The maximum absolute atomic E-state index is 12.9. The minimum atomic E-state index is -4.75. The summed E-state index contributed by atoms with van der Waals surface area (Å²) in [7, 11) is -4.75. The van der Waals surface area contributed by atoms with Crippen molar-refractivity contribution >= 4 is 25.7 Å². The van der Waals surface area contributed by atoms with Crippen LogP contribution in [0, 0.1) is 0 Å². The van der Waals surface area contributed by atoms with Crippen LogP contribution in [0.15, 0.2) is 48.6 Å². The van der Waals surface area contributed by atoms with E-state index in [1.165, 1.54) is 109 Å². The van der Waals surface area contributed by atoms with Gasteiger partial charge in [0.2, 0.25) is 0 Å². The molecule has 11 nitrogen and oxygen atoms in total. The third-order valence-electron chi connectivity index (χ3n) is 12.7. The largest absolute Gasteiger partial charge is 0.472 e. The molecule has 2 N–H and O–H groups in total. The first-order valence-electron chi connectivity index (χ1n) is 29.5. The molecule has 0 saturated carbocycles. The van der Waals surface area contributed by atoms with E-state index in [0.717, 1.165) is 109 Å². The number of carbonyl (C=O) groups excluding carboxylic acids is 3. The Morgan fingerprint density at radius 3 is 1.11 bits per heavy atom. The van der Waals surface area contributed by atoms with E-state index in [2.05, 4.69) is 69.4 Å². The molecule has 3 atom stereocenters. The van der Waals surface area contributed by atoms with Gasteiger partial charge in [-0.05, 0) is 96.3 Å². The van der Waals surface area contributed by atoms with Crippen molar-refractivity contribution in [2.75, 3.05) is 26.4 Å². The quantitative estimate of drug-likeness (QED) is 0.0197. The topological polar surface area (TPSA) is 155 Å². The normalized spacial score (nSPS) is 13.7. The Labute approximate surface area is 441 Å². The molecule has 0 aromatic heterocycles. The van der Waals surface area contributed by atoms with Crippen LogP contribution in [0.5, 0.6) is 0 Å². The van der Waals surface area contributed by atoms with Crippen LogP contribution in [0.3, 0.4) is 0 Å². The van der Waals surface area contributed by atoms with Gasteiger partial charge >= 0.3 is 25.7 Å². The highest BCUT2D eigenvalue weighted by atomic mass is 31.2. The third-order valence-corrected chi connectivity index (χ3v) is 13.6. The Balaban J connectivity index is 4.71. The number of phosphoric ester groups is 1.